The van der Waals surface area contributed by atoms with Gasteiger partial charge in [-0.1, -0.05) is 12.8 Å². The fourth-order valence-corrected chi connectivity index (χ4v) is 5.98. The van der Waals surface area contributed by atoms with Crippen molar-refractivity contribution in [2.45, 2.75) is 94.2 Å². The van der Waals surface area contributed by atoms with Gasteiger partial charge in [0.1, 0.15) is 28.7 Å². The van der Waals surface area contributed by atoms with Gasteiger partial charge in [0.2, 0.25) is 0 Å². The number of nitrogens with one attached hydrogen (secondary N) is 2. The second-order valence-corrected chi connectivity index (χ2v) is 12.0. The van der Waals surface area contributed by atoms with E-state index in [4.69, 9.17) is 4.74 Å². The summed E-state index contributed by atoms with van der Waals surface area (Å²) in [4.78, 5) is 32.7. The predicted molar refractivity (Wildman–Crippen MR) is 135 cm³/mol. The van der Waals surface area contributed by atoms with E-state index in [9.17, 15) is 27.2 Å². The van der Waals surface area contributed by atoms with E-state index in [0.29, 0.717) is 12.1 Å². The molecule has 1 saturated carbocycles. The molecule has 1 aromatic heterocycles. The number of aromatic amines is 1. The highest BCUT2D eigenvalue weighted by Gasteiger charge is 2.49. The number of carbonyl (C=O) groups excluding carboxylic acids is 1. The van der Waals surface area contributed by atoms with Crippen molar-refractivity contribution in [1.82, 2.24) is 14.9 Å². The number of anilines is 1. The standard InChI is InChI=1S/C25H32F4N4O3S/c1-24(2,3)36-23(35)33-9-8-16(12-19(33)25(27,28)29)37-13-20-31-18-11-15(30-14-6-4-5-7-14)10-17(26)21(18)22(34)32-20/h10-11,14,16,19,30H,4-9,12-13H2,1-3H3,(H,31,32,34)/t16-,19-/m1/s1. The molecule has 2 aliphatic rings. The maximum Gasteiger partial charge on any atom is 0.410 e. The highest BCUT2D eigenvalue weighted by atomic mass is 32.2. The van der Waals surface area contributed by atoms with E-state index in [1.165, 1.54) is 17.8 Å². The quantitative estimate of drug-likeness (QED) is 0.451. The molecule has 1 amide bonds. The number of carbonyl (C=O) groups is 1. The molecule has 0 unspecified atom stereocenters. The van der Waals surface area contributed by atoms with Gasteiger partial charge in [-0.3, -0.25) is 9.69 Å². The number of halogens is 4. The van der Waals surface area contributed by atoms with Crippen molar-refractivity contribution in [1.29, 1.82) is 0 Å². The highest BCUT2D eigenvalue weighted by molar-refractivity contribution is 7.99. The lowest BCUT2D eigenvalue weighted by atomic mass is 10.0. The first kappa shape index (κ1) is 27.5. The second kappa shape index (κ2) is 10.7. The van der Waals surface area contributed by atoms with Crippen molar-refractivity contribution in [3.63, 3.8) is 0 Å². The molecule has 4 rings (SSSR count). The van der Waals surface area contributed by atoms with Gasteiger partial charge in [0.15, 0.2) is 0 Å². The number of rotatable bonds is 5. The number of benzene rings is 1. The number of amides is 1. The summed E-state index contributed by atoms with van der Waals surface area (Å²) in [5.41, 5.74) is -0.777. The minimum absolute atomic E-state index is 0.0974. The molecule has 2 fully saturated rings. The lowest BCUT2D eigenvalue weighted by Crippen LogP contribution is -2.55. The topological polar surface area (TPSA) is 87.3 Å². The Morgan fingerprint density at radius 2 is 1.92 bits per heavy atom. The molecule has 1 aliphatic heterocycles. The van der Waals surface area contributed by atoms with E-state index < -0.39 is 40.5 Å². The summed E-state index contributed by atoms with van der Waals surface area (Å²) in [7, 11) is 0. The summed E-state index contributed by atoms with van der Waals surface area (Å²) < 4.78 is 61.3. The van der Waals surface area contributed by atoms with Crippen LogP contribution in [0, 0.1) is 5.82 Å². The minimum Gasteiger partial charge on any atom is -0.444 e. The zero-order valence-corrected chi connectivity index (χ0v) is 21.9. The molecule has 2 aromatic rings. The molecule has 12 heteroatoms. The molecular weight excluding hydrogens is 512 g/mol. The fourth-order valence-electron chi connectivity index (χ4n) is 4.86. The van der Waals surface area contributed by atoms with Crippen LogP contribution in [0.15, 0.2) is 16.9 Å². The number of thioether (sulfide) groups is 1. The third-order valence-corrected chi connectivity index (χ3v) is 7.89. The average Bonchev–Trinajstić information content (AvgIpc) is 3.28. The van der Waals surface area contributed by atoms with Gasteiger partial charge in [-0.15, -0.1) is 0 Å². The van der Waals surface area contributed by atoms with Gasteiger partial charge in [0, 0.05) is 23.5 Å². The van der Waals surface area contributed by atoms with Crippen molar-refractivity contribution in [3.05, 3.63) is 34.1 Å². The van der Waals surface area contributed by atoms with Crippen LogP contribution in [0.3, 0.4) is 0 Å². The summed E-state index contributed by atoms with van der Waals surface area (Å²) in [6.07, 6.45) is -1.34. The number of piperidine rings is 1. The lowest BCUT2D eigenvalue weighted by molar-refractivity contribution is -0.186. The molecule has 0 spiro atoms. The molecular formula is C25H32F4N4O3S. The van der Waals surface area contributed by atoms with Crippen LogP contribution in [0.4, 0.5) is 28.0 Å². The smallest absolute Gasteiger partial charge is 0.410 e. The Hall–Kier alpha value is -2.50. The summed E-state index contributed by atoms with van der Waals surface area (Å²) in [5, 5.41) is 2.73. The van der Waals surface area contributed by atoms with E-state index in [0.717, 1.165) is 30.6 Å². The number of likely N-dealkylation sites (tertiary alicyclic amines) is 1. The summed E-state index contributed by atoms with van der Waals surface area (Å²) in [6, 6.07) is 1.22. The molecule has 2 heterocycles. The van der Waals surface area contributed by atoms with Crippen LogP contribution in [0.5, 0.6) is 0 Å². The van der Waals surface area contributed by atoms with E-state index in [1.807, 2.05) is 0 Å². The fraction of sp³-hybridized carbons (Fsp3) is 0.640. The third-order valence-electron chi connectivity index (χ3n) is 6.55. The zero-order valence-electron chi connectivity index (χ0n) is 21.1. The molecule has 37 heavy (non-hydrogen) atoms. The molecule has 1 aromatic carbocycles. The van der Waals surface area contributed by atoms with E-state index in [1.54, 1.807) is 26.8 Å². The van der Waals surface area contributed by atoms with E-state index in [-0.39, 0.29) is 41.5 Å². The average molecular weight is 545 g/mol. The molecule has 1 aliphatic carbocycles. The van der Waals surface area contributed by atoms with Gasteiger partial charge in [0.25, 0.3) is 5.56 Å². The van der Waals surface area contributed by atoms with Crippen molar-refractivity contribution < 1.29 is 27.1 Å². The number of hydrogen-bond acceptors (Lipinski definition) is 6. The lowest BCUT2D eigenvalue weighted by Gasteiger charge is -2.40. The monoisotopic (exact) mass is 544 g/mol. The van der Waals surface area contributed by atoms with Gasteiger partial charge in [-0.25, -0.2) is 14.2 Å². The minimum atomic E-state index is -4.61. The van der Waals surface area contributed by atoms with Gasteiger partial charge < -0.3 is 15.0 Å². The van der Waals surface area contributed by atoms with Crippen LogP contribution in [0.25, 0.3) is 10.9 Å². The number of H-pyrrole nitrogens is 1. The van der Waals surface area contributed by atoms with Gasteiger partial charge in [-0.05, 0) is 58.6 Å². The van der Waals surface area contributed by atoms with Crippen LogP contribution in [-0.2, 0) is 10.5 Å². The van der Waals surface area contributed by atoms with Gasteiger partial charge >= 0.3 is 12.3 Å². The number of hydrogen-bond donors (Lipinski definition) is 2. The number of aromatic nitrogens is 2. The van der Waals surface area contributed by atoms with Gasteiger partial charge in [0.05, 0.1) is 11.3 Å². The third kappa shape index (κ3) is 6.88. The number of nitrogens with zero attached hydrogens (tertiary/aromatic N) is 2. The molecule has 0 radical (unpaired) electrons. The zero-order chi connectivity index (χ0) is 27.0. The second-order valence-electron chi connectivity index (χ2n) is 10.7. The molecule has 2 atom stereocenters. The number of fused-ring (bicyclic) bond motifs is 1. The van der Waals surface area contributed by atoms with Crippen LogP contribution in [-0.4, -0.2) is 56.6 Å². The van der Waals surface area contributed by atoms with E-state index >= 15 is 0 Å². The Balaban J connectivity index is 1.46. The maximum absolute atomic E-state index is 14.7. The molecule has 0 bridgehead atoms. The van der Waals surface area contributed by atoms with Crippen LogP contribution < -0.4 is 10.9 Å². The SMILES string of the molecule is CC(C)(C)OC(=O)N1CC[C@@H](SCc2nc3cc(NC4CCCC4)cc(F)c3c(=O)[nH]2)C[C@@H]1C(F)(F)F. The largest absolute Gasteiger partial charge is 0.444 e. The van der Waals surface area contributed by atoms with Crippen molar-refractivity contribution >= 4 is 34.4 Å². The highest BCUT2D eigenvalue weighted by Crippen LogP contribution is 2.37. The van der Waals surface area contributed by atoms with Crippen LogP contribution in [0.2, 0.25) is 0 Å². The molecule has 2 N–H and O–H groups in total. The van der Waals surface area contributed by atoms with Crippen molar-refractivity contribution in [2.75, 3.05) is 11.9 Å². The van der Waals surface area contributed by atoms with E-state index in [2.05, 4.69) is 15.3 Å². The summed E-state index contributed by atoms with van der Waals surface area (Å²) in [5.74, 6) is -0.263. The Bertz CT molecular complexity index is 1190. The van der Waals surface area contributed by atoms with Crippen molar-refractivity contribution in [3.8, 4) is 0 Å². The van der Waals surface area contributed by atoms with Crippen LogP contribution >= 0.6 is 11.8 Å². The van der Waals surface area contributed by atoms with Crippen molar-refractivity contribution in [2.24, 2.45) is 0 Å². The molecule has 204 valence electrons. The predicted octanol–water partition coefficient (Wildman–Crippen LogP) is 5.98. The number of ether oxygens (including phenoxy) is 1. The first-order chi connectivity index (χ1) is 17.3. The van der Waals surface area contributed by atoms with Crippen LogP contribution in [0.1, 0.15) is 65.1 Å². The Kier molecular flexibility index (Phi) is 7.96. The maximum atomic E-state index is 14.7. The summed E-state index contributed by atoms with van der Waals surface area (Å²) in [6.45, 7) is 4.72. The van der Waals surface area contributed by atoms with Gasteiger partial charge in [-0.2, -0.15) is 24.9 Å². The molecule has 1 saturated heterocycles. The first-order valence-corrected chi connectivity index (χ1v) is 13.5. The number of alkyl halides is 3. The Labute approximate surface area is 216 Å². The normalized spacial score (nSPS) is 21.4. The first-order valence-electron chi connectivity index (χ1n) is 12.5. The Morgan fingerprint density at radius 1 is 1.22 bits per heavy atom. The molecule has 7 nitrogen and oxygen atoms in total. The summed E-state index contributed by atoms with van der Waals surface area (Å²) >= 11 is 1.23. The Morgan fingerprint density at radius 3 is 2.57 bits per heavy atom.